The summed E-state index contributed by atoms with van der Waals surface area (Å²) in [6.07, 6.45) is 6.46. The molecule has 0 radical (unpaired) electrons. The maximum absolute atomic E-state index is 8.92. The molecular formula is C11H17NO. The first kappa shape index (κ1) is 11.9. The molecule has 0 amide bonds. The lowest BCUT2D eigenvalue weighted by Crippen LogP contribution is -1.91. The summed E-state index contributed by atoms with van der Waals surface area (Å²) in [5.41, 5.74) is 1.12. The largest absolute Gasteiger partial charge is 0.389 e. The molecule has 2 heteroatoms. The van der Waals surface area contributed by atoms with Gasteiger partial charge >= 0.3 is 0 Å². The molecule has 0 aliphatic carbocycles. The van der Waals surface area contributed by atoms with Crippen LogP contribution < -0.4 is 0 Å². The summed E-state index contributed by atoms with van der Waals surface area (Å²) in [7, 11) is 0. The molecule has 0 bridgehead atoms. The Bertz CT molecular complexity index is 211. The van der Waals surface area contributed by atoms with E-state index in [9.17, 15) is 0 Å². The van der Waals surface area contributed by atoms with Gasteiger partial charge in [0.1, 0.15) is 0 Å². The maximum atomic E-state index is 8.92. The lowest BCUT2D eigenvalue weighted by atomic mass is 10.1. The predicted molar refractivity (Wildman–Crippen MR) is 54.0 cm³/mol. The highest BCUT2D eigenvalue weighted by Gasteiger charge is 1.92. The number of aliphatic hydroxyl groups is 1. The topological polar surface area (TPSA) is 44.0 Å². The molecule has 0 spiro atoms. The van der Waals surface area contributed by atoms with E-state index in [2.05, 4.69) is 12.6 Å². The molecule has 0 aromatic heterocycles. The smallest absolute Gasteiger partial charge is 0.0692 e. The molecular weight excluding hydrogens is 162 g/mol. The van der Waals surface area contributed by atoms with Gasteiger partial charge in [-0.05, 0) is 26.2 Å². The third-order valence-electron chi connectivity index (χ3n) is 1.64. The minimum absolute atomic E-state index is 0.382. The molecule has 0 fully saturated rings. The number of hydrogen-bond donors (Lipinski definition) is 1. The van der Waals surface area contributed by atoms with E-state index in [-0.39, 0.29) is 6.10 Å². The van der Waals surface area contributed by atoms with Gasteiger partial charge in [0.05, 0.1) is 12.2 Å². The molecule has 1 N–H and O–H groups in total. The van der Waals surface area contributed by atoms with E-state index in [4.69, 9.17) is 10.4 Å². The number of unbranched alkanes of at least 4 members (excludes halogenated alkanes) is 1. The Hall–Kier alpha value is -1.07. The van der Waals surface area contributed by atoms with Gasteiger partial charge in [0.15, 0.2) is 0 Å². The van der Waals surface area contributed by atoms with E-state index < -0.39 is 0 Å². The van der Waals surface area contributed by atoms with Crippen molar-refractivity contribution in [3.63, 3.8) is 0 Å². The first-order chi connectivity index (χ1) is 6.16. The van der Waals surface area contributed by atoms with Gasteiger partial charge in [-0.2, -0.15) is 5.26 Å². The Morgan fingerprint density at radius 2 is 2.38 bits per heavy atom. The molecule has 0 heterocycles. The molecule has 13 heavy (non-hydrogen) atoms. The van der Waals surface area contributed by atoms with Crippen LogP contribution in [0.15, 0.2) is 24.3 Å². The van der Waals surface area contributed by atoms with Crippen LogP contribution in [0, 0.1) is 11.3 Å². The van der Waals surface area contributed by atoms with Gasteiger partial charge in [-0.25, -0.2) is 0 Å². The van der Waals surface area contributed by atoms with E-state index in [1.54, 1.807) is 13.0 Å². The summed E-state index contributed by atoms with van der Waals surface area (Å²) in [5.74, 6) is 0. The Labute approximate surface area is 80.2 Å². The van der Waals surface area contributed by atoms with E-state index in [1.165, 1.54) is 0 Å². The summed E-state index contributed by atoms with van der Waals surface area (Å²) in [6, 6.07) is 2.10. The van der Waals surface area contributed by atoms with Crippen LogP contribution in [0.3, 0.4) is 0 Å². The molecule has 0 aromatic carbocycles. The van der Waals surface area contributed by atoms with Crippen LogP contribution in [0.2, 0.25) is 0 Å². The van der Waals surface area contributed by atoms with Crippen molar-refractivity contribution in [2.75, 3.05) is 0 Å². The second kappa shape index (κ2) is 7.57. The molecule has 0 saturated carbocycles. The van der Waals surface area contributed by atoms with Gasteiger partial charge in [-0.1, -0.05) is 24.3 Å². The highest BCUT2D eigenvalue weighted by atomic mass is 16.3. The molecule has 0 aromatic rings. The van der Waals surface area contributed by atoms with Gasteiger partial charge in [0.2, 0.25) is 0 Å². The van der Waals surface area contributed by atoms with Crippen molar-refractivity contribution in [1.29, 1.82) is 5.26 Å². The summed E-state index contributed by atoms with van der Waals surface area (Å²) in [6.45, 7) is 5.60. The number of nitrogens with zero attached hydrogens (tertiary/aromatic N) is 1. The lowest BCUT2D eigenvalue weighted by Gasteiger charge is -1.99. The van der Waals surface area contributed by atoms with Gasteiger partial charge in [0.25, 0.3) is 0 Å². The molecule has 0 saturated heterocycles. The van der Waals surface area contributed by atoms with Crippen molar-refractivity contribution >= 4 is 0 Å². The van der Waals surface area contributed by atoms with Crippen molar-refractivity contribution in [3.8, 4) is 6.07 Å². The third kappa shape index (κ3) is 8.84. The lowest BCUT2D eigenvalue weighted by molar-refractivity contribution is 0.244. The van der Waals surface area contributed by atoms with Crippen molar-refractivity contribution in [3.05, 3.63) is 24.3 Å². The number of rotatable bonds is 6. The van der Waals surface area contributed by atoms with Crippen LogP contribution in [0.25, 0.3) is 0 Å². The van der Waals surface area contributed by atoms with E-state index in [0.29, 0.717) is 6.42 Å². The molecule has 72 valence electrons. The normalized spacial score (nSPS) is 12.7. The van der Waals surface area contributed by atoms with Gasteiger partial charge in [0, 0.05) is 6.42 Å². The molecule has 0 rings (SSSR count). The predicted octanol–water partition coefficient (Wildman–Crippen LogP) is 2.56. The summed E-state index contributed by atoms with van der Waals surface area (Å²) < 4.78 is 0. The standard InChI is InChI=1S/C11H17NO/c1-10(6-3-4-9-12)7-5-8-11(2)13/h5,8,11,13H,1,3-4,6-7H2,2H3/b8-5+. The highest BCUT2D eigenvalue weighted by molar-refractivity contribution is 5.03. The van der Waals surface area contributed by atoms with E-state index in [1.807, 2.05) is 6.08 Å². The van der Waals surface area contributed by atoms with Gasteiger partial charge < -0.3 is 5.11 Å². The number of allylic oxidation sites excluding steroid dienone is 2. The van der Waals surface area contributed by atoms with Crippen molar-refractivity contribution in [2.45, 2.75) is 38.7 Å². The zero-order valence-corrected chi connectivity index (χ0v) is 8.16. The summed E-state index contributed by atoms with van der Waals surface area (Å²) in [5, 5.41) is 17.2. The summed E-state index contributed by atoms with van der Waals surface area (Å²) >= 11 is 0. The van der Waals surface area contributed by atoms with Crippen LogP contribution in [0.1, 0.15) is 32.6 Å². The average Bonchev–Trinajstić information content (AvgIpc) is 2.04. The second-order valence-corrected chi connectivity index (χ2v) is 3.13. The second-order valence-electron chi connectivity index (χ2n) is 3.13. The minimum atomic E-state index is -0.382. The maximum Gasteiger partial charge on any atom is 0.0692 e. The van der Waals surface area contributed by atoms with Crippen LogP contribution >= 0.6 is 0 Å². The van der Waals surface area contributed by atoms with E-state index in [0.717, 1.165) is 24.8 Å². The Kier molecular flexibility index (Phi) is 6.95. The Morgan fingerprint density at radius 1 is 1.69 bits per heavy atom. The fraction of sp³-hybridized carbons (Fsp3) is 0.545. The monoisotopic (exact) mass is 179 g/mol. The van der Waals surface area contributed by atoms with Crippen molar-refractivity contribution in [1.82, 2.24) is 0 Å². The van der Waals surface area contributed by atoms with Gasteiger partial charge in [-0.15, -0.1) is 0 Å². The van der Waals surface area contributed by atoms with Crippen LogP contribution in [-0.4, -0.2) is 11.2 Å². The van der Waals surface area contributed by atoms with Crippen molar-refractivity contribution < 1.29 is 5.11 Å². The number of hydrogen-bond acceptors (Lipinski definition) is 2. The molecule has 0 aliphatic heterocycles. The zero-order valence-electron chi connectivity index (χ0n) is 8.16. The van der Waals surface area contributed by atoms with Crippen molar-refractivity contribution in [2.24, 2.45) is 0 Å². The minimum Gasteiger partial charge on any atom is -0.389 e. The molecule has 1 atom stereocenters. The quantitative estimate of drug-likeness (QED) is 0.503. The molecule has 1 unspecified atom stereocenters. The third-order valence-corrected chi connectivity index (χ3v) is 1.64. The van der Waals surface area contributed by atoms with Gasteiger partial charge in [-0.3, -0.25) is 0 Å². The van der Waals surface area contributed by atoms with Crippen LogP contribution in [0.5, 0.6) is 0 Å². The summed E-state index contributed by atoms with van der Waals surface area (Å²) in [4.78, 5) is 0. The number of nitriles is 1. The fourth-order valence-electron chi connectivity index (χ4n) is 0.951. The molecule has 2 nitrogen and oxygen atoms in total. The zero-order chi connectivity index (χ0) is 10.1. The average molecular weight is 179 g/mol. The van der Waals surface area contributed by atoms with Crippen LogP contribution in [0.4, 0.5) is 0 Å². The Morgan fingerprint density at radius 3 is 2.92 bits per heavy atom. The Balaban J connectivity index is 3.47. The van der Waals surface area contributed by atoms with E-state index >= 15 is 0 Å². The van der Waals surface area contributed by atoms with Crippen LogP contribution in [-0.2, 0) is 0 Å². The fourth-order valence-corrected chi connectivity index (χ4v) is 0.951. The highest BCUT2D eigenvalue weighted by Crippen LogP contribution is 2.09. The first-order valence-electron chi connectivity index (χ1n) is 4.55. The molecule has 0 aliphatic rings. The number of aliphatic hydroxyl groups excluding tert-OH is 1. The SMILES string of the molecule is C=C(C/C=C/C(C)O)CCCC#N. The first-order valence-corrected chi connectivity index (χ1v) is 4.55.